The Kier molecular flexibility index (Phi) is 1.75. The zero-order valence-electron chi connectivity index (χ0n) is 6.24. The minimum atomic E-state index is 0.641. The van der Waals surface area contributed by atoms with Gasteiger partial charge in [-0.05, 0) is 12.1 Å². The lowest BCUT2D eigenvalue weighted by Gasteiger charge is -1.95. The molecular formula is C8H7N3S. The zero-order chi connectivity index (χ0) is 8.39. The average molecular weight is 177 g/mol. The fourth-order valence-corrected chi connectivity index (χ4v) is 1.18. The molecule has 0 atom stereocenters. The molecule has 0 spiro atoms. The molecular weight excluding hydrogens is 170 g/mol. The van der Waals surface area contributed by atoms with E-state index in [9.17, 15) is 0 Å². The predicted molar refractivity (Wildman–Crippen MR) is 49.2 cm³/mol. The number of hydrogen-bond acceptors (Lipinski definition) is 2. The summed E-state index contributed by atoms with van der Waals surface area (Å²) in [6.07, 6.45) is 5.21. The molecule has 0 saturated heterocycles. The Morgan fingerprint density at radius 2 is 2.17 bits per heavy atom. The van der Waals surface area contributed by atoms with Crippen molar-refractivity contribution in [2.75, 3.05) is 0 Å². The topological polar surface area (TPSA) is 44.5 Å². The molecule has 12 heavy (non-hydrogen) atoms. The van der Waals surface area contributed by atoms with Crippen molar-refractivity contribution in [3.8, 4) is 11.4 Å². The van der Waals surface area contributed by atoms with Gasteiger partial charge in [-0.1, -0.05) is 12.2 Å². The number of aromatic nitrogens is 3. The molecule has 0 unspecified atom stereocenters. The van der Waals surface area contributed by atoms with Crippen molar-refractivity contribution in [2.45, 2.75) is 0 Å². The number of H-pyrrole nitrogens is 2. The van der Waals surface area contributed by atoms with Crippen LogP contribution in [0.4, 0.5) is 0 Å². The van der Waals surface area contributed by atoms with Crippen LogP contribution in [-0.2, 0) is 0 Å². The highest BCUT2D eigenvalue weighted by Gasteiger charge is 1.95. The molecule has 3 nitrogen and oxygen atoms in total. The molecule has 2 N–H and O–H groups in total. The van der Waals surface area contributed by atoms with Gasteiger partial charge in [0, 0.05) is 6.20 Å². The fraction of sp³-hybridized carbons (Fsp3) is 0. The highest BCUT2D eigenvalue weighted by Crippen LogP contribution is 2.11. The monoisotopic (exact) mass is 177 g/mol. The van der Waals surface area contributed by atoms with Crippen LogP contribution in [0.25, 0.3) is 11.4 Å². The van der Waals surface area contributed by atoms with Crippen LogP contribution in [0.3, 0.4) is 0 Å². The quantitative estimate of drug-likeness (QED) is 0.655. The first-order chi connectivity index (χ1) is 5.86. The molecule has 0 aromatic carbocycles. The maximum atomic E-state index is 4.94. The van der Waals surface area contributed by atoms with E-state index in [4.69, 9.17) is 12.2 Å². The molecule has 2 heterocycles. The van der Waals surface area contributed by atoms with Gasteiger partial charge < -0.3 is 9.97 Å². The van der Waals surface area contributed by atoms with E-state index in [0.29, 0.717) is 4.64 Å². The summed E-state index contributed by atoms with van der Waals surface area (Å²) >= 11 is 4.94. The molecule has 4 heteroatoms. The second-order valence-electron chi connectivity index (χ2n) is 2.39. The maximum absolute atomic E-state index is 4.94. The summed E-state index contributed by atoms with van der Waals surface area (Å²) < 4.78 is 0.641. The van der Waals surface area contributed by atoms with Crippen LogP contribution in [0.2, 0.25) is 0 Å². The van der Waals surface area contributed by atoms with Crippen LogP contribution in [0, 0.1) is 4.64 Å². The molecule has 0 amide bonds. The van der Waals surface area contributed by atoms with Crippen molar-refractivity contribution in [1.29, 1.82) is 0 Å². The van der Waals surface area contributed by atoms with E-state index in [-0.39, 0.29) is 0 Å². The average Bonchev–Trinajstić information content (AvgIpc) is 2.56. The Hall–Kier alpha value is -1.42. The predicted octanol–water partition coefficient (Wildman–Crippen LogP) is 2.13. The summed E-state index contributed by atoms with van der Waals surface area (Å²) in [5.74, 6) is 0. The van der Waals surface area contributed by atoms with Crippen LogP contribution in [0.5, 0.6) is 0 Å². The van der Waals surface area contributed by atoms with E-state index >= 15 is 0 Å². The lowest BCUT2D eigenvalue weighted by molar-refractivity contribution is 1.17. The highest BCUT2D eigenvalue weighted by atomic mass is 32.1. The van der Waals surface area contributed by atoms with Crippen LogP contribution < -0.4 is 0 Å². The molecule has 2 rings (SSSR count). The molecule has 0 fully saturated rings. The maximum Gasteiger partial charge on any atom is 0.122 e. The Morgan fingerprint density at radius 3 is 2.83 bits per heavy atom. The minimum Gasteiger partial charge on any atom is -0.360 e. The summed E-state index contributed by atoms with van der Waals surface area (Å²) in [5, 5.41) is 0. The zero-order valence-corrected chi connectivity index (χ0v) is 7.06. The van der Waals surface area contributed by atoms with Crippen molar-refractivity contribution < 1.29 is 0 Å². The van der Waals surface area contributed by atoms with Crippen LogP contribution in [-0.4, -0.2) is 15.0 Å². The minimum absolute atomic E-state index is 0.641. The van der Waals surface area contributed by atoms with Crippen molar-refractivity contribution in [3.63, 3.8) is 0 Å². The summed E-state index contributed by atoms with van der Waals surface area (Å²) in [6.45, 7) is 0. The molecule has 0 aliphatic heterocycles. The summed E-state index contributed by atoms with van der Waals surface area (Å²) in [4.78, 5) is 10.1. The van der Waals surface area contributed by atoms with Gasteiger partial charge in [-0.25, -0.2) is 0 Å². The fourth-order valence-electron chi connectivity index (χ4n) is 1.01. The summed E-state index contributed by atoms with van der Waals surface area (Å²) in [7, 11) is 0. The van der Waals surface area contributed by atoms with Gasteiger partial charge in [0.05, 0.1) is 23.8 Å². The molecule has 0 aliphatic carbocycles. The van der Waals surface area contributed by atoms with Crippen molar-refractivity contribution in [2.24, 2.45) is 0 Å². The van der Waals surface area contributed by atoms with Gasteiger partial charge in [0.25, 0.3) is 0 Å². The number of rotatable bonds is 1. The van der Waals surface area contributed by atoms with Crippen LogP contribution in [0.1, 0.15) is 0 Å². The Morgan fingerprint density at radius 1 is 1.25 bits per heavy atom. The molecule has 0 aliphatic rings. The smallest absolute Gasteiger partial charge is 0.122 e. The van der Waals surface area contributed by atoms with Gasteiger partial charge >= 0.3 is 0 Å². The molecule has 0 bridgehead atoms. The second-order valence-corrected chi connectivity index (χ2v) is 2.83. The van der Waals surface area contributed by atoms with E-state index in [1.807, 2.05) is 18.3 Å². The van der Waals surface area contributed by atoms with E-state index in [0.717, 1.165) is 11.4 Å². The van der Waals surface area contributed by atoms with Gasteiger partial charge in [-0.15, -0.1) is 0 Å². The Balaban J connectivity index is 2.55. The first-order valence-corrected chi connectivity index (χ1v) is 3.95. The highest BCUT2D eigenvalue weighted by molar-refractivity contribution is 7.71. The standard InChI is InChI=1S/C8H7N3S/c12-8-5-9-4-7(11-8)6-2-1-3-10-6/h1-5,10H,(H,11,12). The normalized spacial score (nSPS) is 10.0. The third-order valence-electron chi connectivity index (χ3n) is 1.54. The Bertz CT molecular complexity index is 416. The van der Waals surface area contributed by atoms with Crippen molar-refractivity contribution in [1.82, 2.24) is 15.0 Å². The number of hydrogen-bond donors (Lipinski definition) is 2. The lowest BCUT2D eigenvalue weighted by Crippen LogP contribution is -1.84. The molecule has 60 valence electrons. The second kappa shape index (κ2) is 2.91. The first-order valence-electron chi connectivity index (χ1n) is 3.54. The van der Waals surface area contributed by atoms with Crippen LogP contribution in [0.15, 0.2) is 30.7 Å². The lowest BCUT2D eigenvalue weighted by atomic mass is 10.3. The molecule has 2 aromatic heterocycles. The molecule has 0 saturated carbocycles. The van der Waals surface area contributed by atoms with Crippen LogP contribution >= 0.6 is 12.2 Å². The van der Waals surface area contributed by atoms with Gasteiger partial charge in [0.2, 0.25) is 0 Å². The summed E-state index contributed by atoms with van der Waals surface area (Å²) in [5.41, 5.74) is 1.90. The SMILES string of the molecule is S=c1cncc(-c2ccc[nH]2)[nH]1. The number of nitrogens with one attached hydrogen (secondary N) is 2. The van der Waals surface area contributed by atoms with Gasteiger partial charge in [-0.2, -0.15) is 0 Å². The van der Waals surface area contributed by atoms with E-state index < -0.39 is 0 Å². The van der Waals surface area contributed by atoms with Gasteiger partial charge in [0.1, 0.15) is 4.64 Å². The van der Waals surface area contributed by atoms with Gasteiger partial charge in [-0.3, -0.25) is 4.98 Å². The molecule has 2 aromatic rings. The van der Waals surface area contributed by atoms with E-state index in [1.165, 1.54) is 0 Å². The first kappa shape index (κ1) is 7.24. The third-order valence-corrected chi connectivity index (χ3v) is 1.75. The Labute approximate surface area is 74.5 Å². The number of aromatic amines is 2. The van der Waals surface area contributed by atoms with E-state index in [1.54, 1.807) is 12.4 Å². The largest absolute Gasteiger partial charge is 0.360 e. The third kappa shape index (κ3) is 1.29. The van der Waals surface area contributed by atoms with E-state index in [2.05, 4.69) is 15.0 Å². The van der Waals surface area contributed by atoms with Crippen molar-refractivity contribution in [3.05, 3.63) is 35.4 Å². The van der Waals surface area contributed by atoms with Crippen molar-refractivity contribution >= 4 is 12.2 Å². The number of nitrogens with zero attached hydrogens (tertiary/aromatic N) is 1. The van der Waals surface area contributed by atoms with Gasteiger partial charge in [0.15, 0.2) is 0 Å². The summed E-state index contributed by atoms with van der Waals surface area (Å²) in [6, 6.07) is 3.89. The molecule has 0 radical (unpaired) electrons.